The molecule has 0 spiro atoms. The molecule has 0 aliphatic rings. The van der Waals surface area contributed by atoms with E-state index < -0.39 is 17.6 Å². The number of primary amides is 1. The van der Waals surface area contributed by atoms with Crippen molar-refractivity contribution < 1.29 is 18.8 Å². The molecule has 0 saturated heterocycles. The molecule has 0 fully saturated rings. The van der Waals surface area contributed by atoms with Gasteiger partial charge < -0.3 is 16.4 Å². The van der Waals surface area contributed by atoms with Gasteiger partial charge in [-0.15, -0.1) is 0 Å². The number of nitrogens with one attached hydrogen (secondary N) is 2. The summed E-state index contributed by atoms with van der Waals surface area (Å²) in [4.78, 5) is 36.5. The molecular weight excluding hydrogens is 385 g/mol. The van der Waals surface area contributed by atoms with Gasteiger partial charge in [0, 0.05) is 33.6 Å². The van der Waals surface area contributed by atoms with Gasteiger partial charge in [0.25, 0.3) is 11.8 Å². The van der Waals surface area contributed by atoms with E-state index in [1.807, 2.05) is 6.07 Å². The second-order valence-corrected chi connectivity index (χ2v) is 6.80. The maximum absolute atomic E-state index is 14.1. The second-order valence-electron chi connectivity index (χ2n) is 6.80. The highest BCUT2D eigenvalue weighted by Gasteiger charge is 2.15. The van der Waals surface area contributed by atoms with Crippen LogP contribution in [0.5, 0.6) is 0 Å². The van der Waals surface area contributed by atoms with Gasteiger partial charge in [-0.1, -0.05) is 24.3 Å². The molecule has 0 unspecified atom stereocenters. The lowest BCUT2D eigenvalue weighted by Gasteiger charge is -2.13. The average molecular weight is 405 g/mol. The number of hydrogen-bond donors (Lipinski definition) is 3. The smallest absolute Gasteiger partial charge is 0.255 e. The summed E-state index contributed by atoms with van der Waals surface area (Å²) in [5, 5.41) is 5.38. The Balaban J connectivity index is 1.85. The SMILES string of the molecule is Cc1ccc(C(=O)Nc2cc(C(N)=O)cc(F)c2C)cc1NC(=O)c1ccccc1. The van der Waals surface area contributed by atoms with Crippen LogP contribution in [0.4, 0.5) is 15.8 Å². The molecule has 0 bridgehead atoms. The number of nitrogens with two attached hydrogens (primary N) is 1. The number of hydrogen-bond acceptors (Lipinski definition) is 3. The zero-order valence-electron chi connectivity index (χ0n) is 16.5. The molecule has 4 N–H and O–H groups in total. The summed E-state index contributed by atoms with van der Waals surface area (Å²) < 4.78 is 14.1. The van der Waals surface area contributed by atoms with Gasteiger partial charge in [-0.25, -0.2) is 4.39 Å². The van der Waals surface area contributed by atoms with Crippen LogP contribution < -0.4 is 16.4 Å². The first-order chi connectivity index (χ1) is 14.3. The predicted molar refractivity (Wildman–Crippen MR) is 113 cm³/mol. The van der Waals surface area contributed by atoms with Gasteiger partial charge in [-0.3, -0.25) is 14.4 Å². The first-order valence-corrected chi connectivity index (χ1v) is 9.14. The average Bonchev–Trinajstić information content (AvgIpc) is 2.73. The highest BCUT2D eigenvalue weighted by atomic mass is 19.1. The molecule has 0 aliphatic heterocycles. The fourth-order valence-corrected chi connectivity index (χ4v) is 2.83. The predicted octanol–water partition coefficient (Wildman–Crippen LogP) is 4.05. The highest BCUT2D eigenvalue weighted by molar-refractivity contribution is 6.08. The maximum atomic E-state index is 14.1. The van der Waals surface area contributed by atoms with Crippen LogP contribution in [0.25, 0.3) is 0 Å². The van der Waals surface area contributed by atoms with Gasteiger partial charge in [0.2, 0.25) is 5.91 Å². The Morgan fingerprint density at radius 3 is 2.03 bits per heavy atom. The normalized spacial score (nSPS) is 10.4. The van der Waals surface area contributed by atoms with Crippen LogP contribution in [-0.2, 0) is 0 Å². The number of amides is 3. The Kier molecular flexibility index (Phi) is 5.92. The Morgan fingerprint density at radius 2 is 1.37 bits per heavy atom. The van der Waals surface area contributed by atoms with E-state index in [0.29, 0.717) is 11.3 Å². The molecule has 152 valence electrons. The summed E-state index contributed by atoms with van der Waals surface area (Å²) in [6.45, 7) is 3.29. The highest BCUT2D eigenvalue weighted by Crippen LogP contribution is 2.23. The van der Waals surface area contributed by atoms with Crippen LogP contribution in [0.3, 0.4) is 0 Å². The molecule has 0 heterocycles. The molecule has 7 heteroatoms. The monoisotopic (exact) mass is 405 g/mol. The van der Waals surface area contributed by atoms with Crippen LogP contribution in [0, 0.1) is 19.7 Å². The van der Waals surface area contributed by atoms with E-state index >= 15 is 0 Å². The largest absolute Gasteiger partial charge is 0.366 e. The molecule has 3 rings (SSSR count). The molecular formula is C23H20FN3O3. The Morgan fingerprint density at radius 1 is 0.767 bits per heavy atom. The lowest BCUT2D eigenvalue weighted by Crippen LogP contribution is -2.17. The van der Waals surface area contributed by atoms with Crippen molar-refractivity contribution in [2.75, 3.05) is 10.6 Å². The number of rotatable bonds is 5. The van der Waals surface area contributed by atoms with Crippen molar-refractivity contribution in [2.45, 2.75) is 13.8 Å². The number of carbonyl (C=O) groups excluding carboxylic acids is 3. The van der Waals surface area contributed by atoms with Gasteiger partial charge in [0.05, 0.1) is 0 Å². The Hall–Kier alpha value is -4.00. The molecule has 0 radical (unpaired) electrons. The minimum atomic E-state index is -0.800. The number of anilines is 2. The summed E-state index contributed by atoms with van der Waals surface area (Å²) in [5.74, 6) is -2.27. The van der Waals surface area contributed by atoms with Crippen molar-refractivity contribution in [3.8, 4) is 0 Å². The molecule has 0 aromatic heterocycles. The van der Waals surface area contributed by atoms with Crippen molar-refractivity contribution in [2.24, 2.45) is 5.73 Å². The molecule has 0 atom stereocenters. The number of carbonyl (C=O) groups is 3. The standard InChI is InChI=1S/C23H20FN3O3/c1-13-8-9-16(11-19(13)26-22(29)15-6-4-3-5-7-15)23(30)27-20-12-17(21(25)28)10-18(24)14(20)2/h3-12H,1-2H3,(H2,25,28)(H,26,29)(H,27,30). The van der Waals surface area contributed by atoms with E-state index in [4.69, 9.17) is 5.73 Å². The summed E-state index contributed by atoms with van der Waals surface area (Å²) >= 11 is 0. The van der Waals surface area contributed by atoms with E-state index in [1.165, 1.54) is 19.1 Å². The van der Waals surface area contributed by atoms with E-state index in [9.17, 15) is 18.8 Å². The van der Waals surface area contributed by atoms with Crippen molar-refractivity contribution >= 4 is 29.1 Å². The lowest BCUT2D eigenvalue weighted by molar-refractivity contribution is 0.0995. The fourth-order valence-electron chi connectivity index (χ4n) is 2.83. The van der Waals surface area contributed by atoms with Crippen LogP contribution in [0.1, 0.15) is 42.2 Å². The van der Waals surface area contributed by atoms with Gasteiger partial charge in [0.1, 0.15) is 5.82 Å². The van der Waals surface area contributed by atoms with Gasteiger partial charge in [-0.05, 0) is 55.8 Å². The third kappa shape index (κ3) is 4.52. The molecule has 6 nitrogen and oxygen atoms in total. The van der Waals surface area contributed by atoms with E-state index in [1.54, 1.807) is 43.3 Å². The number of halogens is 1. The third-order valence-electron chi connectivity index (χ3n) is 4.66. The maximum Gasteiger partial charge on any atom is 0.255 e. The topological polar surface area (TPSA) is 101 Å². The minimum absolute atomic E-state index is 0.0480. The summed E-state index contributed by atoms with van der Waals surface area (Å²) in [7, 11) is 0. The van der Waals surface area contributed by atoms with Gasteiger partial charge >= 0.3 is 0 Å². The van der Waals surface area contributed by atoms with Gasteiger partial charge in [0.15, 0.2) is 0 Å². The van der Waals surface area contributed by atoms with Crippen molar-refractivity contribution in [1.29, 1.82) is 0 Å². The van der Waals surface area contributed by atoms with E-state index in [2.05, 4.69) is 10.6 Å². The van der Waals surface area contributed by atoms with Crippen molar-refractivity contribution in [3.05, 3.63) is 94.3 Å². The summed E-state index contributed by atoms with van der Waals surface area (Å²) in [5.41, 5.74) is 7.48. The molecule has 0 aliphatic carbocycles. The molecule has 30 heavy (non-hydrogen) atoms. The third-order valence-corrected chi connectivity index (χ3v) is 4.66. The Labute approximate surface area is 172 Å². The lowest BCUT2D eigenvalue weighted by atomic mass is 10.1. The molecule has 3 aromatic rings. The van der Waals surface area contributed by atoms with E-state index in [0.717, 1.165) is 11.6 Å². The molecule has 0 saturated carbocycles. The van der Waals surface area contributed by atoms with Crippen LogP contribution in [-0.4, -0.2) is 17.7 Å². The number of aryl methyl sites for hydroxylation is 1. The number of benzene rings is 3. The fraction of sp³-hybridized carbons (Fsp3) is 0.0870. The van der Waals surface area contributed by atoms with Crippen molar-refractivity contribution in [1.82, 2.24) is 0 Å². The quantitative estimate of drug-likeness (QED) is 0.597. The Bertz CT molecular complexity index is 1140. The summed E-state index contributed by atoms with van der Waals surface area (Å²) in [6, 6.07) is 15.9. The molecule has 3 amide bonds. The van der Waals surface area contributed by atoms with Crippen LogP contribution >= 0.6 is 0 Å². The van der Waals surface area contributed by atoms with Crippen LogP contribution in [0.15, 0.2) is 60.7 Å². The summed E-state index contributed by atoms with van der Waals surface area (Å²) in [6.07, 6.45) is 0. The first-order valence-electron chi connectivity index (χ1n) is 9.14. The zero-order chi connectivity index (χ0) is 21.8. The zero-order valence-corrected chi connectivity index (χ0v) is 16.5. The van der Waals surface area contributed by atoms with E-state index in [-0.39, 0.29) is 28.3 Å². The van der Waals surface area contributed by atoms with Crippen LogP contribution in [0.2, 0.25) is 0 Å². The van der Waals surface area contributed by atoms with Crippen molar-refractivity contribution in [3.63, 3.8) is 0 Å². The minimum Gasteiger partial charge on any atom is -0.366 e. The van der Waals surface area contributed by atoms with Gasteiger partial charge in [-0.2, -0.15) is 0 Å². The molecule has 3 aromatic carbocycles. The first kappa shape index (κ1) is 20.7. The second kappa shape index (κ2) is 8.57.